The van der Waals surface area contributed by atoms with Gasteiger partial charge >= 0.3 is 6.03 Å². The average Bonchev–Trinajstić information content (AvgIpc) is 3.05. The number of nitrogens with zero attached hydrogens (tertiary/aromatic N) is 3. The summed E-state index contributed by atoms with van der Waals surface area (Å²) in [5.74, 6) is 0.665. The number of nitrogens with one attached hydrogen (secondary N) is 1. The molecule has 0 bridgehead atoms. The summed E-state index contributed by atoms with van der Waals surface area (Å²) in [6.07, 6.45) is 0. The largest absolute Gasteiger partial charge is 0.431 e. The van der Waals surface area contributed by atoms with Crippen molar-refractivity contribution in [2.45, 2.75) is 0 Å². The zero-order chi connectivity index (χ0) is 18.8. The maximum absolute atomic E-state index is 12.3. The zero-order valence-corrected chi connectivity index (χ0v) is 16.4. The Kier molecular flexibility index (Phi) is 5.15. The number of anilines is 1. The molecular formula is C19H19ClN4O2S. The van der Waals surface area contributed by atoms with Crippen LogP contribution < -0.4 is 10.1 Å². The number of thiazole rings is 1. The summed E-state index contributed by atoms with van der Waals surface area (Å²) < 4.78 is 6.81. The van der Waals surface area contributed by atoms with Gasteiger partial charge in [0, 0.05) is 36.9 Å². The molecule has 2 heterocycles. The highest BCUT2D eigenvalue weighted by molar-refractivity contribution is 7.20. The third-order valence-electron chi connectivity index (χ3n) is 4.43. The SMILES string of the molecule is CN1CCN(C(=O)Nc2ccc(Oc3nc4ccc(Cl)cc4s3)cc2)CC1. The molecule has 2 aromatic carbocycles. The Balaban J connectivity index is 1.38. The predicted molar refractivity (Wildman–Crippen MR) is 109 cm³/mol. The van der Waals surface area contributed by atoms with Crippen molar-refractivity contribution < 1.29 is 9.53 Å². The lowest BCUT2D eigenvalue weighted by Gasteiger charge is -2.32. The van der Waals surface area contributed by atoms with Crippen molar-refractivity contribution in [2.75, 3.05) is 38.5 Å². The number of benzene rings is 2. The molecule has 0 spiro atoms. The number of halogens is 1. The van der Waals surface area contributed by atoms with Gasteiger partial charge in [-0.05, 0) is 49.5 Å². The van der Waals surface area contributed by atoms with Crippen molar-refractivity contribution in [1.29, 1.82) is 0 Å². The highest BCUT2D eigenvalue weighted by Gasteiger charge is 2.18. The van der Waals surface area contributed by atoms with Crippen LogP contribution in [0.15, 0.2) is 42.5 Å². The van der Waals surface area contributed by atoms with Crippen LogP contribution in [0.2, 0.25) is 5.02 Å². The van der Waals surface area contributed by atoms with Crippen molar-refractivity contribution in [3.8, 4) is 10.9 Å². The Bertz CT molecular complexity index is 952. The van der Waals surface area contributed by atoms with Crippen LogP contribution >= 0.6 is 22.9 Å². The van der Waals surface area contributed by atoms with Gasteiger partial charge < -0.3 is 19.9 Å². The number of aromatic nitrogens is 1. The van der Waals surface area contributed by atoms with E-state index in [0.717, 1.165) is 42.1 Å². The van der Waals surface area contributed by atoms with Crippen LogP contribution in [0.25, 0.3) is 10.2 Å². The van der Waals surface area contributed by atoms with E-state index in [-0.39, 0.29) is 6.03 Å². The smallest absolute Gasteiger partial charge is 0.321 e. The molecule has 1 aromatic heterocycles. The molecule has 0 atom stereocenters. The summed E-state index contributed by atoms with van der Waals surface area (Å²) in [5.41, 5.74) is 1.60. The Hall–Kier alpha value is -2.35. The quantitative estimate of drug-likeness (QED) is 0.699. The highest BCUT2D eigenvalue weighted by atomic mass is 35.5. The summed E-state index contributed by atoms with van der Waals surface area (Å²) in [5, 5.41) is 4.17. The summed E-state index contributed by atoms with van der Waals surface area (Å²) in [6.45, 7) is 3.28. The second-order valence-electron chi connectivity index (χ2n) is 6.44. The number of fused-ring (bicyclic) bond motifs is 1. The first kappa shape index (κ1) is 18.0. The van der Waals surface area contributed by atoms with E-state index in [2.05, 4.69) is 22.2 Å². The van der Waals surface area contributed by atoms with E-state index in [1.54, 1.807) is 0 Å². The molecule has 6 nitrogen and oxygen atoms in total. The lowest BCUT2D eigenvalue weighted by Crippen LogP contribution is -2.48. The van der Waals surface area contributed by atoms with E-state index < -0.39 is 0 Å². The Morgan fingerprint density at radius 2 is 1.89 bits per heavy atom. The summed E-state index contributed by atoms with van der Waals surface area (Å²) in [6, 6.07) is 12.8. The number of carbonyl (C=O) groups is 1. The first-order chi connectivity index (χ1) is 13.1. The van der Waals surface area contributed by atoms with Gasteiger partial charge in [0.2, 0.25) is 0 Å². The number of rotatable bonds is 3. The molecule has 8 heteroatoms. The van der Waals surface area contributed by atoms with Crippen LogP contribution in [0.1, 0.15) is 0 Å². The van der Waals surface area contributed by atoms with Crippen molar-refractivity contribution in [1.82, 2.24) is 14.8 Å². The van der Waals surface area contributed by atoms with E-state index >= 15 is 0 Å². The molecule has 1 fully saturated rings. The van der Waals surface area contributed by atoms with Crippen molar-refractivity contribution in [2.24, 2.45) is 0 Å². The monoisotopic (exact) mass is 402 g/mol. The van der Waals surface area contributed by atoms with Crippen LogP contribution in [0.4, 0.5) is 10.5 Å². The molecule has 0 radical (unpaired) electrons. The third-order valence-corrected chi connectivity index (χ3v) is 5.56. The summed E-state index contributed by atoms with van der Waals surface area (Å²) in [7, 11) is 2.06. The van der Waals surface area contributed by atoms with Crippen LogP contribution in [0, 0.1) is 0 Å². The minimum Gasteiger partial charge on any atom is -0.431 e. The van der Waals surface area contributed by atoms with E-state index in [4.69, 9.17) is 16.3 Å². The number of ether oxygens (including phenoxy) is 1. The van der Waals surface area contributed by atoms with E-state index in [0.29, 0.717) is 16.0 Å². The average molecular weight is 403 g/mol. The predicted octanol–water partition coefficient (Wildman–Crippen LogP) is 4.52. The van der Waals surface area contributed by atoms with Gasteiger partial charge in [-0.3, -0.25) is 0 Å². The fourth-order valence-electron chi connectivity index (χ4n) is 2.84. The Morgan fingerprint density at radius 1 is 1.15 bits per heavy atom. The molecule has 0 saturated carbocycles. The van der Waals surface area contributed by atoms with Crippen LogP contribution in [-0.2, 0) is 0 Å². The number of urea groups is 1. The van der Waals surface area contributed by atoms with Gasteiger partial charge in [0.1, 0.15) is 5.75 Å². The van der Waals surface area contributed by atoms with E-state index in [1.165, 1.54) is 11.3 Å². The molecule has 4 rings (SSSR count). The second-order valence-corrected chi connectivity index (χ2v) is 7.87. The van der Waals surface area contributed by atoms with Gasteiger partial charge in [-0.2, -0.15) is 0 Å². The maximum Gasteiger partial charge on any atom is 0.321 e. The molecular weight excluding hydrogens is 384 g/mol. The lowest BCUT2D eigenvalue weighted by atomic mass is 10.3. The summed E-state index contributed by atoms with van der Waals surface area (Å²) >= 11 is 7.45. The normalized spacial score (nSPS) is 15.1. The molecule has 1 N–H and O–H groups in total. The van der Waals surface area contributed by atoms with Gasteiger partial charge in [0.05, 0.1) is 10.2 Å². The first-order valence-electron chi connectivity index (χ1n) is 8.65. The van der Waals surface area contributed by atoms with Crippen molar-refractivity contribution in [3.05, 3.63) is 47.5 Å². The number of hydrogen-bond donors (Lipinski definition) is 1. The molecule has 140 valence electrons. The number of carbonyl (C=O) groups excluding carboxylic acids is 1. The van der Waals surface area contributed by atoms with Crippen LogP contribution in [0.3, 0.4) is 0 Å². The lowest BCUT2D eigenvalue weighted by molar-refractivity contribution is 0.164. The minimum atomic E-state index is -0.0696. The topological polar surface area (TPSA) is 57.7 Å². The van der Waals surface area contributed by atoms with Gasteiger partial charge in [0.15, 0.2) is 0 Å². The number of hydrogen-bond acceptors (Lipinski definition) is 5. The van der Waals surface area contributed by atoms with Crippen LogP contribution in [0.5, 0.6) is 10.9 Å². The number of amides is 2. The fraction of sp³-hybridized carbons (Fsp3) is 0.263. The Morgan fingerprint density at radius 3 is 2.63 bits per heavy atom. The van der Waals surface area contributed by atoms with Crippen molar-refractivity contribution >= 4 is 44.9 Å². The minimum absolute atomic E-state index is 0.0696. The van der Waals surface area contributed by atoms with Crippen molar-refractivity contribution in [3.63, 3.8) is 0 Å². The standard InChI is InChI=1S/C19H19ClN4O2S/c1-23-8-10-24(11-9-23)18(25)21-14-3-5-15(6-4-14)26-19-22-16-7-2-13(20)12-17(16)27-19/h2-7,12H,8-11H2,1H3,(H,21,25). The van der Waals surface area contributed by atoms with Gasteiger partial charge in [0.25, 0.3) is 5.19 Å². The molecule has 1 saturated heterocycles. The van der Waals surface area contributed by atoms with Gasteiger partial charge in [-0.25, -0.2) is 9.78 Å². The van der Waals surface area contributed by atoms with E-state index in [1.807, 2.05) is 47.4 Å². The molecule has 3 aromatic rings. The van der Waals surface area contributed by atoms with Gasteiger partial charge in [-0.1, -0.05) is 22.9 Å². The number of likely N-dealkylation sites (N-methyl/N-ethyl adjacent to an activating group) is 1. The second kappa shape index (κ2) is 7.72. The molecule has 1 aliphatic heterocycles. The Labute approximate surface area is 166 Å². The highest BCUT2D eigenvalue weighted by Crippen LogP contribution is 2.33. The number of piperazine rings is 1. The molecule has 2 amide bonds. The van der Waals surface area contributed by atoms with Gasteiger partial charge in [-0.15, -0.1) is 0 Å². The fourth-order valence-corrected chi connectivity index (χ4v) is 3.95. The zero-order valence-electron chi connectivity index (χ0n) is 14.8. The maximum atomic E-state index is 12.3. The first-order valence-corrected chi connectivity index (χ1v) is 9.85. The van der Waals surface area contributed by atoms with E-state index in [9.17, 15) is 4.79 Å². The molecule has 0 unspecified atom stereocenters. The summed E-state index contributed by atoms with van der Waals surface area (Å²) in [4.78, 5) is 20.8. The third kappa shape index (κ3) is 4.32. The molecule has 0 aliphatic carbocycles. The molecule has 1 aliphatic rings. The van der Waals surface area contributed by atoms with Crippen LogP contribution in [-0.4, -0.2) is 54.0 Å². The molecule has 27 heavy (non-hydrogen) atoms.